The van der Waals surface area contributed by atoms with Gasteiger partial charge in [-0.15, -0.1) is 0 Å². The molecule has 1 aliphatic heterocycles. The van der Waals surface area contributed by atoms with E-state index >= 15 is 0 Å². The molecule has 0 saturated carbocycles. The Morgan fingerprint density at radius 2 is 2.10 bits per heavy atom. The molecule has 1 aromatic carbocycles. The van der Waals surface area contributed by atoms with Gasteiger partial charge in [-0.2, -0.15) is 0 Å². The zero-order valence-corrected chi connectivity index (χ0v) is 12.6. The predicted octanol–water partition coefficient (Wildman–Crippen LogP) is 2.22. The Kier molecular flexibility index (Phi) is 5.68. The first-order chi connectivity index (χ1) is 9.69. The molecule has 1 aliphatic rings. The highest BCUT2D eigenvalue weighted by Crippen LogP contribution is 2.23. The molecule has 0 bridgehead atoms. The first-order valence-corrected chi connectivity index (χ1v) is 7.48. The van der Waals surface area contributed by atoms with Gasteiger partial charge in [0.05, 0.1) is 7.11 Å². The molecular weight excluding hydrogens is 252 g/mol. The molecule has 1 fully saturated rings. The summed E-state index contributed by atoms with van der Waals surface area (Å²) in [6.07, 6.45) is 2.64. The number of piperidine rings is 1. The van der Waals surface area contributed by atoms with Gasteiger partial charge in [-0.3, -0.25) is 0 Å². The lowest BCUT2D eigenvalue weighted by atomic mass is 9.99. The minimum atomic E-state index is 0.295. The maximum Gasteiger partial charge on any atom is 0.123 e. The lowest BCUT2D eigenvalue weighted by molar-refractivity contribution is 0.193. The third kappa shape index (κ3) is 4.39. The highest BCUT2D eigenvalue weighted by Gasteiger charge is 2.14. The van der Waals surface area contributed by atoms with Crippen molar-refractivity contribution in [3.05, 3.63) is 23.8 Å². The summed E-state index contributed by atoms with van der Waals surface area (Å²) in [5, 5.41) is 13.3. The number of hydrogen-bond acceptors (Lipinski definition) is 4. The maximum absolute atomic E-state index is 9.87. The van der Waals surface area contributed by atoms with E-state index in [1.165, 1.54) is 25.9 Å². The van der Waals surface area contributed by atoms with Crippen molar-refractivity contribution in [2.75, 3.05) is 33.3 Å². The van der Waals surface area contributed by atoms with E-state index in [1.807, 2.05) is 12.1 Å². The SMILES string of the molecule is COc1ccc(CNCCN2CCC(C)CC2)c(O)c1. The van der Waals surface area contributed by atoms with Crippen LogP contribution in [0.5, 0.6) is 11.5 Å². The number of phenols is 1. The molecule has 0 aliphatic carbocycles. The normalized spacial score (nSPS) is 17.3. The van der Waals surface area contributed by atoms with Crippen LogP contribution in [0, 0.1) is 5.92 Å². The van der Waals surface area contributed by atoms with E-state index in [4.69, 9.17) is 4.74 Å². The molecule has 4 nitrogen and oxygen atoms in total. The number of hydrogen-bond donors (Lipinski definition) is 2. The molecule has 1 aromatic rings. The number of nitrogens with one attached hydrogen (secondary N) is 1. The highest BCUT2D eigenvalue weighted by molar-refractivity contribution is 5.39. The summed E-state index contributed by atoms with van der Waals surface area (Å²) < 4.78 is 5.08. The van der Waals surface area contributed by atoms with Crippen LogP contribution in [0.15, 0.2) is 18.2 Å². The molecule has 0 amide bonds. The topological polar surface area (TPSA) is 44.7 Å². The molecule has 0 radical (unpaired) electrons. The van der Waals surface area contributed by atoms with Crippen LogP contribution < -0.4 is 10.1 Å². The van der Waals surface area contributed by atoms with Crippen LogP contribution in [0.4, 0.5) is 0 Å². The second kappa shape index (κ2) is 7.50. The molecule has 20 heavy (non-hydrogen) atoms. The smallest absolute Gasteiger partial charge is 0.123 e. The van der Waals surface area contributed by atoms with Gasteiger partial charge in [0.2, 0.25) is 0 Å². The maximum atomic E-state index is 9.87. The monoisotopic (exact) mass is 278 g/mol. The van der Waals surface area contributed by atoms with Gasteiger partial charge >= 0.3 is 0 Å². The Balaban J connectivity index is 1.68. The Labute approximate surface area is 121 Å². The van der Waals surface area contributed by atoms with Gasteiger partial charge in [-0.05, 0) is 37.9 Å². The Bertz CT molecular complexity index is 415. The highest BCUT2D eigenvalue weighted by atomic mass is 16.5. The van der Waals surface area contributed by atoms with Crippen molar-refractivity contribution in [2.24, 2.45) is 5.92 Å². The van der Waals surface area contributed by atoms with E-state index in [0.717, 1.165) is 24.6 Å². The summed E-state index contributed by atoms with van der Waals surface area (Å²) >= 11 is 0. The fraction of sp³-hybridized carbons (Fsp3) is 0.625. The minimum Gasteiger partial charge on any atom is -0.507 e. The largest absolute Gasteiger partial charge is 0.507 e. The van der Waals surface area contributed by atoms with Crippen molar-refractivity contribution >= 4 is 0 Å². The number of methoxy groups -OCH3 is 1. The summed E-state index contributed by atoms with van der Waals surface area (Å²) in [4.78, 5) is 2.51. The van der Waals surface area contributed by atoms with Crippen LogP contribution in [0.25, 0.3) is 0 Å². The van der Waals surface area contributed by atoms with Crippen molar-refractivity contribution < 1.29 is 9.84 Å². The van der Waals surface area contributed by atoms with Gasteiger partial charge in [0.15, 0.2) is 0 Å². The zero-order chi connectivity index (χ0) is 14.4. The standard InChI is InChI=1S/C16H26N2O2/c1-13-5-8-18(9-6-13)10-7-17-12-14-3-4-15(20-2)11-16(14)19/h3-4,11,13,17,19H,5-10,12H2,1-2H3. The fourth-order valence-electron chi connectivity index (χ4n) is 2.57. The number of aromatic hydroxyl groups is 1. The lowest BCUT2D eigenvalue weighted by Crippen LogP contribution is -2.37. The first-order valence-electron chi connectivity index (χ1n) is 7.48. The molecule has 1 heterocycles. The third-order valence-corrected chi connectivity index (χ3v) is 4.09. The molecular formula is C16H26N2O2. The molecule has 1 saturated heterocycles. The molecule has 0 unspecified atom stereocenters. The number of benzene rings is 1. The molecule has 0 spiro atoms. The van der Waals surface area contributed by atoms with Gasteiger partial charge in [0.1, 0.15) is 11.5 Å². The fourth-order valence-corrected chi connectivity index (χ4v) is 2.57. The summed E-state index contributed by atoms with van der Waals surface area (Å²) in [5.74, 6) is 1.87. The Morgan fingerprint density at radius 3 is 2.75 bits per heavy atom. The van der Waals surface area contributed by atoms with Crippen molar-refractivity contribution in [3.8, 4) is 11.5 Å². The molecule has 2 N–H and O–H groups in total. The minimum absolute atomic E-state index is 0.295. The zero-order valence-electron chi connectivity index (χ0n) is 12.6. The van der Waals surface area contributed by atoms with Crippen molar-refractivity contribution in [2.45, 2.75) is 26.3 Å². The van der Waals surface area contributed by atoms with Crippen LogP contribution in [0.2, 0.25) is 0 Å². The lowest BCUT2D eigenvalue weighted by Gasteiger charge is -2.30. The summed E-state index contributed by atoms with van der Waals surface area (Å²) in [6.45, 7) is 7.51. The van der Waals surface area contributed by atoms with Gasteiger partial charge in [0.25, 0.3) is 0 Å². The van der Waals surface area contributed by atoms with Crippen LogP contribution in [0.3, 0.4) is 0 Å². The molecule has 4 heteroatoms. The van der Waals surface area contributed by atoms with E-state index in [-0.39, 0.29) is 0 Å². The predicted molar refractivity (Wildman–Crippen MR) is 81.2 cm³/mol. The van der Waals surface area contributed by atoms with E-state index in [1.54, 1.807) is 13.2 Å². The summed E-state index contributed by atoms with van der Waals surface area (Å²) in [6, 6.07) is 5.44. The first kappa shape index (κ1) is 15.1. The Hall–Kier alpha value is -1.26. The molecule has 0 atom stereocenters. The third-order valence-electron chi connectivity index (χ3n) is 4.09. The van der Waals surface area contributed by atoms with E-state index in [9.17, 15) is 5.11 Å². The number of phenolic OH excluding ortho intramolecular Hbond substituents is 1. The van der Waals surface area contributed by atoms with Gasteiger partial charge in [-0.25, -0.2) is 0 Å². The van der Waals surface area contributed by atoms with Gasteiger partial charge < -0.3 is 20.1 Å². The van der Waals surface area contributed by atoms with Gasteiger partial charge in [-0.1, -0.05) is 13.0 Å². The number of likely N-dealkylation sites (tertiary alicyclic amines) is 1. The second-order valence-electron chi connectivity index (χ2n) is 5.70. The Morgan fingerprint density at radius 1 is 1.35 bits per heavy atom. The van der Waals surface area contributed by atoms with Crippen molar-refractivity contribution in [1.29, 1.82) is 0 Å². The van der Waals surface area contributed by atoms with E-state index in [0.29, 0.717) is 18.0 Å². The molecule has 112 valence electrons. The van der Waals surface area contributed by atoms with Crippen LogP contribution in [0.1, 0.15) is 25.3 Å². The molecule has 0 aromatic heterocycles. The average molecular weight is 278 g/mol. The quantitative estimate of drug-likeness (QED) is 0.783. The van der Waals surface area contributed by atoms with Crippen LogP contribution in [-0.4, -0.2) is 43.3 Å². The van der Waals surface area contributed by atoms with Crippen molar-refractivity contribution in [3.63, 3.8) is 0 Å². The summed E-state index contributed by atoms with van der Waals surface area (Å²) in [7, 11) is 1.60. The number of ether oxygens (including phenoxy) is 1. The number of nitrogens with zero attached hydrogens (tertiary/aromatic N) is 1. The van der Waals surface area contributed by atoms with Gasteiger partial charge in [0, 0.05) is 31.3 Å². The molecule has 2 rings (SSSR count). The summed E-state index contributed by atoms with van der Waals surface area (Å²) in [5.41, 5.74) is 0.915. The number of rotatable bonds is 6. The average Bonchev–Trinajstić information content (AvgIpc) is 2.46. The van der Waals surface area contributed by atoms with E-state index in [2.05, 4.69) is 17.1 Å². The van der Waals surface area contributed by atoms with Crippen LogP contribution >= 0.6 is 0 Å². The van der Waals surface area contributed by atoms with E-state index < -0.39 is 0 Å². The second-order valence-corrected chi connectivity index (χ2v) is 5.70. The van der Waals surface area contributed by atoms with Crippen LogP contribution in [-0.2, 0) is 6.54 Å². The van der Waals surface area contributed by atoms with Crippen molar-refractivity contribution in [1.82, 2.24) is 10.2 Å².